The predicted molar refractivity (Wildman–Crippen MR) is 86.6 cm³/mol. The van der Waals surface area contributed by atoms with Crippen LogP contribution < -0.4 is 27.4 Å². The molecule has 12 heteroatoms. The van der Waals surface area contributed by atoms with Crippen LogP contribution in [0.15, 0.2) is 0 Å². The summed E-state index contributed by atoms with van der Waals surface area (Å²) < 4.78 is 0. The summed E-state index contributed by atoms with van der Waals surface area (Å²) in [6, 6.07) is -3.60. The van der Waals surface area contributed by atoms with Gasteiger partial charge in [-0.05, 0) is 19.8 Å². The Kier molecular flexibility index (Phi) is 9.56. The smallest absolute Gasteiger partial charge is 0.326 e. The molecule has 25 heavy (non-hydrogen) atoms. The van der Waals surface area contributed by atoms with E-state index in [0.29, 0.717) is 13.0 Å². The number of hydrogen-bond donors (Lipinski definition) is 8. The summed E-state index contributed by atoms with van der Waals surface area (Å²) >= 11 is 0. The Labute approximate surface area is 143 Å². The molecule has 0 unspecified atom stereocenters. The molecule has 10 N–H and O–H groups in total. The molecule has 0 aromatic rings. The van der Waals surface area contributed by atoms with Gasteiger partial charge in [-0.25, -0.2) is 4.79 Å². The Balaban J connectivity index is 4.39. The first-order valence-electron chi connectivity index (χ1n) is 7.43. The van der Waals surface area contributed by atoms with E-state index in [1.165, 1.54) is 6.92 Å². The first-order chi connectivity index (χ1) is 11.5. The van der Waals surface area contributed by atoms with Crippen molar-refractivity contribution in [2.24, 2.45) is 11.5 Å². The molecule has 0 aliphatic carbocycles. The molecule has 0 saturated carbocycles. The Morgan fingerprint density at radius 3 is 2.20 bits per heavy atom. The summed E-state index contributed by atoms with van der Waals surface area (Å²) in [7, 11) is 0. The van der Waals surface area contributed by atoms with E-state index in [9.17, 15) is 19.2 Å². The fourth-order valence-electron chi connectivity index (χ4n) is 1.73. The van der Waals surface area contributed by atoms with E-state index >= 15 is 0 Å². The average Bonchev–Trinajstić information content (AvgIpc) is 2.49. The van der Waals surface area contributed by atoms with Crippen molar-refractivity contribution >= 4 is 29.7 Å². The summed E-state index contributed by atoms with van der Waals surface area (Å²) in [6.45, 7) is 1.68. The molecule has 0 aliphatic rings. The highest BCUT2D eigenvalue weighted by Gasteiger charge is 2.26. The summed E-state index contributed by atoms with van der Waals surface area (Å²) in [5.74, 6) is -4.53. The van der Waals surface area contributed by atoms with E-state index in [0.717, 1.165) is 0 Å². The molecule has 142 valence electrons. The highest BCUT2D eigenvalue weighted by molar-refractivity contribution is 5.92. The number of nitrogens with two attached hydrogens (primary N) is 2. The van der Waals surface area contributed by atoms with Gasteiger partial charge in [0.15, 0.2) is 5.96 Å². The second kappa shape index (κ2) is 10.8. The maximum atomic E-state index is 11.9. The van der Waals surface area contributed by atoms with Gasteiger partial charge in [-0.3, -0.25) is 19.8 Å². The van der Waals surface area contributed by atoms with Crippen molar-refractivity contribution in [1.82, 2.24) is 16.0 Å². The third kappa shape index (κ3) is 9.76. The van der Waals surface area contributed by atoms with Gasteiger partial charge >= 0.3 is 11.9 Å². The van der Waals surface area contributed by atoms with Crippen LogP contribution in [0.2, 0.25) is 0 Å². The zero-order chi connectivity index (χ0) is 19.6. The third-order valence-electron chi connectivity index (χ3n) is 3.09. The molecule has 0 heterocycles. The average molecular weight is 360 g/mol. The minimum atomic E-state index is -1.60. The molecule has 0 spiro atoms. The van der Waals surface area contributed by atoms with Gasteiger partial charge in [-0.15, -0.1) is 0 Å². The first kappa shape index (κ1) is 22.1. The number of carbonyl (C=O) groups excluding carboxylic acids is 2. The highest BCUT2D eigenvalue weighted by atomic mass is 16.4. The van der Waals surface area contributed by atoms with E-state index in [4.69, 9.17) is 27.1 Å². The van der Waals surface area contributed by atoms with Gasteiger partial charge < -0.3 is 37.6 Å². The van der Waals surface area contributed by atoms with Gasteiger partial charge in [0, 0.05) is 6.54 Å². The van der Waals surface area contributed by atoms with Crippen molar-refractivity contribution < 1.29 is 29.4 Å². The molecular weight excluding hydrogens is 336 g/mol. The van der Waals surface area contributed by atoms with E-state index in [1.807, 2.05) is 5.32 Å². The van der Waals surface area contributed by atoms with Crippen LogP contribution in [0.25, 0.3) is 0 Å². The number of rotatable bonds is 11. The van der Waals surface area contributed by atoms with Gasteiger partial charge in [0.1, 0.15) is 12.1 Å². The van der Waals surface area contributed by atoms with E-state index in [-0.39, 0.29) is 12.4 Å². The number of aliphatic carboxylic acids is 2. The van der Waals surface area contributed by atoms with Crippen LogP contribution in [-0.4, -0.2) is 64.6 Å². The van der Waals surface area contributed by atoms with Crippen LogP contribution >= 0.6 is 0 Å². The molecule has 3 atom stereocenters. The lowest BCUT2D eigenvalue weighted by Crippen LogP contribution is -2.53. The predicted octanol–water partition coefficient (Wildman–Crippen LogP) is -2.87. The molecular formula is C13H24N6O6. The number of guanidine groups is 1. The molecule has 0 fully saturated rings. The molecule has 0 radical (unpaired) electrons. The lowest BCUT2D eigenvalue weighted by Gasteiger charge is -2.19. The molecule has 2 amide bonds. The van der Waals surface area contributed by atoms with Crippen LogP contribution in [0, 0.1) is 5.41 Å². The lowest BCUT2D eigenvalue weighted by molar-refractivity contribution is -0.147. The summed E-state index contributed by atoms with van der Waals surface area (Å²) in [5.41, 5.74) is 10.8. The van der Waals surface area contributed by atoms with Crippen molar-refractivity contribution in [1.29, 1.82) is 5.41 Å². The second-order valence-corrected chi connectivity index (χ2v) is 5.32. The van der Waals surface area contributed by atoms with Crippen molar-refractivity contribution in [3.05, 3.63) is 0 Å². The SMILES string of the molecule is C[C@H](NC(=O)[C@@H](N)CCCNC(=N)N)C(=O)N[C@@H](CC(=O)O)C(=O)O. The Hall–Kier alpha value is -2.89. The van der Waals surface area contributed by atoms with Gasteiger partial charge in [-0.1, -0.05) is 0 Å². The van der Waals surface area contributed by atoms with Crippen molar-refractivity contribution in [3.8, 4) is 0 Å². The fourth-order valence-corrected chi connectivity index (χ4v) is 1.73. The molecule has 0 aliphatic heterocycles. The topological polar surface area (TPSA) is 221 Å². The number of carboxylic acids is 2. The quantitative estimate of drug-likeness (QED) is 0.107. The minimum absolute atomic E-state index is 0.197. The molecule has 0 aromatic heterocycles. The third-order valence-corrected chi connectivity index (χ3v) is 3.09. The molecule has 0 saturated heterocycles. The van der Waals surface area contributed by atoms with E-state index in [2.05, 4.69) is 10.6 Å². The Bertz CT molecular complexity index is 525. The maximum Gasteiger partial charge on any atom is 0.326 e. The number of nitrogens with one attached hydrogen (secondary N) is 4. The number of hydrogen-bond acceptors (Lipinski definition) is 6. The minimum Gasteiger partial charge on any atom is -0.481 e. The van der Waals surface area contributed by atoms with E-state index in [1.54, 1.807) is 0 Å². The molecule has 0 bridgehead atoms. The summed E-state index contributed by atoms with van der Waals surface area (Å²) in [6.07, 6.45) is -0.0456. The first-order valence-corrected chi connectivity index (χ1v) is 7.43. The van der Waals surface area contributed by atoms with Crippen molar-refractivity contribution in [2.45, 2.75) is 44.3 Å². The summed E-state index contributed by atoms with van der Waals surface area (Å²) in [5, 5.41) is 31.4. The van der Waals surface area contributed by atoms with Gasteiger partial charge in [-0.2, -0.15) is 0 Å². The largest absolute Gasteiger partial charge is 0.481 e. The fraction of sp³-hybridized carbons (Fsp3) is 0.615. The molecule has 0 aromatic carbocycles. The van der Waals surface area contributed by atoms with Gasteiger partial charge in [0.2, 0.25) is 11.8 Å². The van der Waals surface area contributed by atoms with Crippen LogP contribution in [-0.2, 0) is 19.2 Å². The maximum absolute atomic E-state index is 11.9. The molecule has 12 nitrogen and oxygen atoms in total. The number of amides is 2. The van der Waals surface area contributed by atoms with Crippen LogP contribution in [0.1, 0.15) is 26.2 Å². The molecule has 0 rings (SSSR count). The lowest BCUT2D eigenvalue weighted by atomic mass is 10.1. The zero-order valence-corrected chi connectivity index (χ0v) is 13.7. The Morgan fingerprint density at radius 1 is 1.12 bits per heavy atom. The number of carboxylic acid groups (broad SMARTS) is 2. The highest BCUT2D eigenvalue weighted by Crippen LogP contribution is 1.97. The van der Waals surface area contributed by atoms with Crippen LogP contribution in [0.5, 0.6) is 0 Å². The van der Waals surface area contributed by atoms with E-state index < -0.39 is 48.3 Å². The number of carbonyl (C=O) groups is 4. The van der Waals surface area contributed by atoms with Crippen molar-refractivity contribution in [2.75, 3.05) is 6.54 Å². The monoisotopic (exact) mass is 360 g/mol. The Morgan fingerprint density at radius 2 is 1.72 bits per heavy atom. The summed E-state index contributed by atoms with van der Waals surface area (Å²) in [4.78, 5) is 45.2. The second-order valence-electron chi connectivity index (χ2n) is 5.32. The van der Waals surface area contributed by atoms with Gasteiger partial charge in [0.05, 0.1) is 12.5 Å². The zero-order valence-electron chi connectivity index (χ0n) is 13.7. The standard InChI is InChI=1S/C13H24N6O6/c1-6(10(22)19-8(12(24)25)5-9(20)21)18-11(23)7(14)3-2-4-17-13(15)16/h6-8H,2-5,14H2,1H3,(H,18,23)(H,19,22)(H,20,21)(H,24,25)(H4,15,16,17)/t6-,7-,8-/m0/s1. The normalized spacial score (nSPS) is 13.8. The van der Waals surface area contributed by atoms with Crippen LogP contribution in [0.4, 0.5) is 0 Å². The van der Waals surface area contributed by atoms with Crippen LogP contribution in [0.3, 0.4) is 0 Å². The van der Waals surface area contributed by atoms with Crippen molar-refractivity contribution in [3.63, 3.8) is 0 Å². The van der Waals surface area contributed by atoms with Gasteiger partial charge in [0.25, 0.3) is 0 Å².